The predicted molar refractivity (Wildman–Crippen MR) is 152 cm³/mol. The van der Waals surface area contributed by atoms with Crippen LogP contribution in [0.5, 0.6) is 11.5 Å². The van der Waals surface area contributed by atoms with Crippen LogP contribution in [0.1, 0.15) is 50.7 Å². The first kappa shape index (κ1) is 23.4. The molecular formula is C32H31O2P. The maximum Gasteiger partial charge on any atom is 0.124 e. The molecule has 5 aromatic rings. The number of rotatable bonds is 5. The lowest BCUT2D eigenvalue weighted by Gasteiger charge is -2.30. The molecular weight excluding hydrogens is 447 g/mol. The van der Waals surface area contributed by atoms with Crippen molar-refractivity contribution in [2.45, 2.75) is 39.5 Å². The molecule has 2 N–H and O–H groups in total. The highest BCUT2D eigenvalue weighted by Crippen LogP contribution is 2.47. The molecule has 0 unspecified atom stereocenters. The minimum absolute atomic E-state index is 0.274. The van der Waals surface area contributed by atoms with Gasteiger partial charge in [-0.05, 0) is 69.9 Å². The van der Waals surface area contributed by atoms with Crippen molar-refractivity contribution < 1.29 is 10.2 Å². The van der Waals surface area contributed by atoms with Crippen LogP contribution in [-0.2, 0) is 0 Å². The molecule has 0 radical (unpaired) electrons. The summed E-state index contributed by atoms with van der Waals surface area (Å²) < 4.78 is 0. The topological polar surface area (TPSA) is 40.5 Å². The van der Waals surface area contributed by atoms with Gasteiger partial charge in [0.1, 0.15) is 11.5 Å². The van der Waals surface area contributed by atoms with Crippen LogP contribution in [-0.4, -0.2) is 10.2 Å². The molecule has 2 nitrogen and oxygen atoms in total. The number of fused-ring (bicyclic) bond motifs is 2. The third-order valence-corrected chi connectivity index (χ3v) is 9.57. The molecule has 0 aliphatic rings. The van der Waals surface area contributed by atoms with Crippen LogP contribution in [0.15, 0.2) is 91.0 Å². The van der Waals surface area contributed by atoms with Gasteiger partial charge in [-0.2, -0.15) is 0 Å². The van der Waals surface area contributed by atoms with Gasteiger partial charge in [0.15, 0.2) is 0 Å². The summed E-state index contributed by atoms with van der Waals surface area (Å²) in [4.78, 5) is 0. The Kier molecular flexibility index (Phi) is 6.26. The third kappa shape index (κ3) is 4.07. The van der Waals surface area contributed by atoms with Gasteiger partial charge in [-0.1, -0.05) is 107 Å². The van der Waals surface area contributed by atoms with Crippen LogP contribution in [0.25, 0.3) is 21.5 Å². The number of phenols is 2. The highest BCUT2D eigenvalue weighted by molar-refractivity contribution is 7.81. The second kappa shape index (κ2) is 9.36. The van der Waals surface area contributed by atoms with E-state index in [-0.39, 0.29) is 11.5 Å². The van der Waals surface area contributed by atoms with Crippen molar-refractivity contribution in [1.29, 1.82) is 0 Å². The fraction of sp³-hybridized carbons (Fsp3) is 0.188. The van der Waals surface area contributed by atoms with Crippen LogP contribution < -0.4 is 15.9 Å². The molecule has 0 saturated heterocycles. The SMILES string of the molecule is CC(C)c1cccc(C(C)C)c1P(c1c(O)ccc2ccccc12)c1c(O)ccc2ccccc12. The molecule has 0 bridgehead atoms. The van der Waals surface area contributed by atoms with Crippen LogP contribution in [0.2, 0.25) is 0 Å². The lowest BCUT2D eigenvalue weighted by molar-refractivity contribution is 0.480. The van der Waals surface area contributed by atoms with E-state index in [1.165, 1.54) is 16.4 Å². The molecule has 3 heteroatoms. The number of hydrogen-bond acceptors (Lipinski definition) is 2. The maximum atomic E-state index is 11.5. The van der Waals surface area contributed by atoms with Gasteiger partial charge in [0.25, 0.3) is 0 Å². The standard InChI is InChI=1S/C32H31O2P/c1-20(2)24-14-9-15-25(21(3)4)30(24)35(31-26-12-7-5-10-22(26)16-18-28(31)33)32-27-13-8-6-11-23(27)17-19-29(32)34/h5-21,33-34H,1-4H3. The zero-order valence-electron chi connectivity index (χ0n) is 20.7. The lowest BCUT2D eigenvalue weighted by atomic mass is 9.95. The van der Waals surface area contributed by atoms with E-state index in [1.54, 1.807) is 0 Å². The van der Waals surface area contributed by atoms with Gasteiger partial charge in [0.05, 0.1) is 0 Å². The smallest absolute Gasteiger partial charge is 0.124 e. The Morgan fingerprint density at radius 3 is 1.34 bits per heavy atom. The first-order valence-electron chi connectivity index (χ1n) is 12.2. The van der Waals surface area contributed by atoms with Crippen molar-refractivity contribution in [2.75, 3.05) is 0 Å². The maximum absolute atomic E-state index is 11.5. The second-order valence-corrected chi connectivity index (χ2v) is 11.8. The quantitative estimate of drug-likeness (QED) is 0.258. The van der Waals surface area contributed by atoms with E-state index in [4.69, 9.17) is 0 Å². The van der Waals surface area contributed by atoms with Crippen LogP contribution in [0.3, 0.4) is 0 Å². The predicted octanol–water partition coefficient (Wildman–Crippen LogP) is 7.41. The van der Waals surface area contributed by atoms with Gasteiger partial charge in [0.2, 0.25) is 0 Å². The normalized spacial score (nSPS) is 11.9. The second-order valence-electron chi connectivity index (χ2n) is 9.74. The summed E-state index contributed by atoms with van der Waals surface area (Å²) >= 11 is 0. The van der Waals surface area contributed by atoms with Crippen LogP contribution in [0.4, 0.5) is 0 Å². The summed E-state index contributed by atoms with van der Waals surface area (Å²) in [5, 5.41) is 30.2. The van der Waals surface area contributed by atoms with E-state index in [2.05, 4.69) is 70.2 Å². The first-order valence-corrected chi connectivity index (χ1v) is 13.6. The zero-order chi connectivity index (χ0) is 24.7. The van der Waals surface area contributed by atoms with E-state index in [1.807, 2.05) is 48.5 Å². The molecule has 0 aliphatic carbocycles. The monoisotopic (exact) mass is 478 g/mol. The number of hydrogen-bond donors (Lipinski definition) is 2. The van der Waals surface area contributed by atoms with Crippen molar-refractivity contribution in [1.82, 2.24) is 0 Å². The summed E-state index contributed by atoms with van der Waals surface area (Å²) in [5.41, 5.74) is 2.53. The van der Waals surface area contributed by atoms with E-state index >= 15 is 0 Å². The Morgan fingerprint density at radius 2 is 0.914 bits per heavy atom. The summed E-state index contributed by atoms with van der Waals surface area (Å²) in [6.07, 6.45) is 0. The summed E-state index contributed by atoms with van der Waals surface area (Å²) in [5.74, 6) is 1.14. The molecule has 0 atom stereocenters. The van der Waals surface area contributed by atoms with Gasteiger partial charge < -0.3 is 10.2 Å². The summed E-state index contributed by atoms with van der Waals surface area (Å²) in [6.45, 7) is 8.90. The molecule has 0 heterocycles. The third-order valence-electron chi connectivity index (χ3n) is 6.77. The van der Waals surface area contributed by atoms with Crippen LogP contribution in [0, 0.1) is 0 Å². The first-order chi connectivity index (χ1) is 16.9. The minimum atomic E-state index is -1.29. The molecule has 176 valence electrons. The average molecular weight is 479 g/mol. The molecule has 0 amide bonds. The Hall–Kier alpha value is -3.35. The molecule has 0 saturated carbocycles. The van der Waals surface area contributed by atoms with Crippen LogP contribution >= 0.6 is 7.92 Å². The Labute approximate surface area is 208 Å². The highest BCUT2D eigenvalue weighted by atomic mass is 31.1. The van der Waals surface area contributed by atoms with E-state index in [9.17, 15) is 10.2 Å². The van der Waals surface area contributed by atoms with Crippen molar-refractivity contribution in [2.24, 2.45) is 0 Å². The van der Waals surface area contributed by atoms with Gasteiger partial charge >= 0.3 is 0 Å². The number of phenolic OH excluding ortho intramolecular Hbond substituents is 2. The Balaban J connectivity index is 2.01. The largest absolute Gasteiger partial charge is 0.507 e. The summed E-state index contributed by atoms with van der Waals surface area (Å²) in [7, 11) is -1.29. The lowest BCUT2D eigenvalue weighted by Crippen LogP contribution is -2.28. The average Bonchev–Trinajstić information content (AvgIpc) is 2.86. The highest BCUT2D eigenvalue weighted by Gasteiger charge is 2.31. The molecule has 0 aromatic heterocycles. The zero-order valence-corrected chi connectivity index (χ0v) is 21.6. The fourth-order valence-electron chi connectivity index (χ4n) is 5.06. The van der Waals surface area contributed by atoms with Crippen molar-refractivity contribution in [3.05, 3.63) is 102 Å². The van der Waals surface area contributed by atoms with E-state index in [0.717, 1.165) is 32.2 Å². The minimum Gasteiger partial charge on any atom is -0.507 e. The van der Waals surface area contributed by atoms with Gasteiger partial charge in [-0.25, -0.2) is 0 Å². The number of aromatic hydroxyl groups is 2. The van der Waals surface area contributed by atoms with Crippen molar-refractivity contribution in [3.8, 4) is 11.5 Å². The fourth-order valence-corrected chi connectivity index (χ4v) is 8.41. The van der Waals surface area contributed by atoms with Gasteiger partial charge in [-0.3, -0.25) is 0 Å². The Bertz CT molecular complexity index is 1420. The van der Waals surface area contributed by atoms with Gasteiger partial charge in [0, 0.05) is 10.6 Å². The van der Waals surface area contributed by atoms with Crippen molar-refractivity contribution in [3.63, 3.8) is 0 Å². The molecule has 0 aliphatic heterocycles. The molecule has 0 fully saturated rings. The molecule has 5 aromatic carbocycles. The van der Waals surface area contributed by atoms with E-state index in [0.29, 0.717) is 11.8 Å². The molecule has 0 spiro atoms. The van der Waals surface area contributed by atoms with E-state index < -0.39 is 7.92 Å². The number of benzene rings is 5. The summed E-state index contributed by atoms with van der Waals surface area (Å²) in [6, 6.07) is 30.6. The molecule has 35 heavy (non-hydrogen) atoms. The van der Waals surface area contributed by atoms with Crippen molar-refractivity contribution >= 4 is 45.4 Å². The molecule has 5 rings (SSSR count). The van der Waals surface area contributed by atoms with Gasteiger partial charge in [-0.15, -0.1) is 0 Å². The Morgan fingerprint density at radius 1 is 0.486 bits per heavy atom.